The van der Waals surface area contributed by atoms with Gasteiger partial charge in [-0.05, 0) is 45.6 Å². The molecule has 0 aliphatic carbocycles. The van der Waals surface area contributed by atoms with E-state index in [1.807, 2.05) is 24.3 Å². The second-order valence-electron chi connectivity index (χ2n) is 4.97. The predicted octanol–water partition coefficient (Wildman–Crippen LogP) is 4.96. The molecule has 0 radical (unpaired) electrons. The van der Waals surface area contributed by atoms with E-state index in [1.165, 1.54) is 0 Å². The Hall–Kier alpha value is -1.20. The maximum atomic E-state index is 14.2. The average Bonchev–Trinajstić information content (AvgIpc) is 2.49. The van der Waals surface area contributed by atoms with Crippen LogP contribution in [-0.4, -0.2) is 5.91 Å². The van der Waals surface area contributed by atoms with Crippen LogP contribution < -0.4 is 5.32 Å². The predicted molar refractivity (Wildman–Crippen MR) is 88.3 cm³/mol. The van der Waals surface area contributed by atoms with E-state index < -0.39 is 0 Å². The Morgan fingerprint density at radius 2 is 2.00 bits per heavy atom. The summed E-state index contributed by atoms with van der Waals surface area (Å²) in [4.78, 5) is 11.1. The summed E-state index contributed by atoms with van der Waals surface area (Å²) >= 11 is 6.78. The maximum Gasteiger partial charge on any atom is 0.224 e. The molecule has 1 aliphatic rings. The van der Waals surface area contributed by atoms with Crippen molar-refractivity contribution in [1.29, 1.82) is 0 Å². The number of carbonyl (C=O) groups is 1. The summed E-state index contributed by atoms with van der Waals surface area (Å²) in [5.41, 5.74) is 3.50. The lowest BCUT2D eigenvalue weighted by Crippen LogP contribution is -2.19. The van der Waals surface area contributed by atoms with Crippen LogP contribution in [0.1, 0.15) is 27.9 Å². The highest BCUT2D eigenvalue weighted by Gasteiger charge is 2.20. The number of alkyl halides is 1. The average molecular weight is 413 g/mol. The van der Waals surface area contributed by atoms with Gasteiger partial charge in [0.2, 0.25) is 5.91 Å². The molecule has 1 N–H and O–H groups in total. The molecular formula is C16H12Br2FNO. The quantitative estimate of drug-likeness (QED) is 0.694. The van der Waals surface area contributed by atoms with Gasteiger partial charge in [-0.25, -0.2) is 4.39 Å². The van der Waals surface area contributed by atoms with Gasteiger partial charge in [-0.3, -0.25) is 4.79 Å². The molecule has 0 saturated heterocycles. The fourth-order valence-electron chi connectivity index (χ4n) is 2.46. The standard InChI is InChI=1S/C16H12Br2FNO/c17-12-3-1-2-11(16(12)19)15(18)10-4-6-13-9(8-10)5-7-14(21)20-13/h1-4,6,8,15H,5,7H2,(H,20,21). The van der Waals surface area contributed by atoms with E-state index in [0.29, 0.717) is 16.5 Å². The molecule has 0 spiro atoms. The van der Waals surface area contributed by atoms with Crippen molar-refractivity contribution < 1.29 is 9.18 Å². The van der Waals surface area contributed by atoms with Crippen molar-refractivity contribution in [2.24, 2.45) is 0 Å². The van der Waals surface area contributed by atoms with Crippen molar-refractivity contribution in [3.05, 3.63) is 63.4 Å². The molecule has 0 aromatic heterocycles. The van der Waals surface area contributed by atoms with E-state index >= 15 is 0 Å². The molecule has 1 aliphatic heterocycles. The molecule has 2 aromatic rings. The van der Waals surface area contributed by atoms with Gasteiger partial charge >= 0.3 is 0 Å². The zero-order chi connectivity index (χ0) is 15.0. The summed E-state index contributed by atoms with van der Waals surface area (Å²) in [7, 11) is 0. The first-order valence-corrected chi connectivity index (χ1v) is 8.28. The summed E-state index contributed by atoms with van der Waals surface area (Å²) in [6.07, 6.45) is 1.21. The molecular weight excluding hydrogens is 401 g/mol. The fraction of sp³-hybridized carbons (Fsp3) is 0.188. The molecule has 3 rings (SSSR count). The van der Waals surface area contributed by atoms with Crippen LogP contribution in [0, 0.1) is 5.82 Å². The third-order valence-electron chi connectivity index (χ3n) is 3.57. The van der Waals surface area contributed by atoms with Crippen LogP contribution in [0.3, 0.4) is 0 Å². The lowest BCUT2D eigenvalue weighted by molar-refractivity contribution is -0.116. The second kappa shape index (κ2) is 5.89. The molecule has 1 unspecified atom stereocenters. The van der Waals surface area contributed by atoms with E-state index in [0.717, 1.165) is 23.2 Å². The van der Waals surface area contributed by atoms with E-state index in [-0.39, 0.29) is 16.6 Å². The number of rotatable bonds is 2. The van der Waals surface area contributed by atoms with Gasteiger partial charge in [0.15, 0.2) is 0 Å². The van der Waals surface area contributed by atoms with E-state index in [4.69, 9.17) is 0 Å². The number of anilines is 1. The highest BCUT2D eigenvalue weighted by atomic mass is 79.9. The highest BCUT2D eigenvalue weighted by molar-refractivity contribution is 9.10. The molecule has 1 atom stereocenters. The van der Waals surface area contributed by atoms with E-state index in [2.05, 4.69) is 37.2 Å². The van der Waals surface area contributed by atoms with Crippen molar-refractivity contribution in [2.45, 2.75) is 17.7 Å². The Kier molecular flexibility index (Phi) is 4.13. The van der Waals surface area contributed by atoms with Crippen molar-refractivity contribution in [3.8, 4) is 0 Å². The molecule has 2 aromatic carbocycles. The molecule has 108 valence electrons. The molecule has 1 amide bonds. The van der Waals surface area contributed by atoms with Crippen LogP contribution >= 0.6 is 31.9 Å². The third-order valence-corrected chi connectivity index (χ3v) is 5.21. The monoisotopic (exact) mass is 411 g/mol. The minimum atomic E-state index is -0.259. The summed E-state index contributed by atoms with van der Waals surface area (Å²) in [6.45, 7) is 0. The molecule has 21 heavy (non-hydrogen) atoms. The van der Waals surface area contributed by atoms with Crippen LogP contribution in [0.2, 0.25) is 0 Å². The lowest BCUT2D eigenvalue weighted by Gasteiger charge is -2.19. The Morgan fingerprint density at radius 1 is 1.19 bits per heavy atom. The van der Waals surface area contributed by atoms with Crippen LogP contribution in [0.5, 0.6) is 0 Å². The van der Waals surface area contributed by atoms with Crippen molar-refractivity contribution in [2.75, 3.05) is 5.32 Å². The van der Waals surface area contributed by atoms with Crippen LogP contribution in [0.15, 0.2) is 40.9 Å². The van der Waals surface area contributed by atoms with Gasteiger partial charge in [-0.15, -0.1) is 0 Å². The van der Waals surface area contributed by atoms with Crippen molar-refractivity contribution >= 4 is 43.5 Å². The third kappa shape index (κ3) is 2.90. The number of benzene rings is 2. The zero-order valence-corrected chi connectivity index (χ0v) is 14.2. The minimum absolute atomic E-state index is 0.0451. The highest BCUT2D eigenvalue weighted by Crippen LogP contribution is 2.36. The SMILES string of the molecule is O=C1CCc2cc(C(Br)c3cccc(Br)c3F)ccc2N1. The molecule has 0 saturated carbocycles. The first-order chi connectivity index (χ1) is 10.1. The number of carbonyl (C=O) groups excluding carboxylic acids is 1. The Bertz CT molecular complexity index is 717. The Morgan fingerprint density at radius 3 is 2.81 bits per heavy atom. The normalized spacial score (nSPS) is 15.3. The first kappa shape index (κ1) is 14.7. The van der Waals surface area contributed by atoms with E-state index in [1.54, 1.807) is 12.1 Å². The van der Waals surface area contributed by atoms with Gasteiger partial charge in [0, 0.05) is 17.7 Å². The van der Waals surface area contributed by atoms with Gasteiger partial charge in [0.1, 0.15) is 5.82 Å². The van der Waals surface area contributed by atoms with Crippen LogP contribution in [0.25, 0.3) is 0 Å². The summed E-state index contributed by atoms with van der Waals surface area (Å²) < 4.78 is 14.6. The van der Waals surface area contributed by atoms with Gasteiger partial charge in [0.25, 0.3) is 0 Å². The number of halogens is 3. The largest absolute Gasteiger partial charge is 0.326 e. The second-order valence-corrected chi connectivity index (χ2v) is 6.74. The summed E-state index contributed by atoms with van der Waals surface area (Å²) in [6, 6.07) is 11.1. The smallest absolute Gasteiger partial charge is 0.224 e. The number of nitrogens with one attached hydrogen (secondary N) is 1. The van der Waals surface area contributed by atoms with Crippen LogP contribution in [-0.2, 0) is 11.2 Å². The number of fused-ring (bicyclic) bond motifs is 1. The molecule has 1 heterocycles. The molecule has 5 heteroatoms. The minimum Gasteiger partial charge on any atom is -0.326 e. The van der Waals surface area contributed by atoms with E-state index in [9.17, 15) is 9.18 Å². The summed E-state index contributed by atoms with van der Waals surface area (Å²) in [5.74, 6) is -0.214. The van der Waals surface area contributed by atoms with Gasteiger partial charge < -0.3 is 5.32 Å². The van der Waals surface area contributed by atoms with Crippen molar-refractivity contribution in [3.63, 3.8) is 0 Å². The number of amides is 1. The Labute approximate surface area is 139 Å². The zero-order valence-electron chi connectivity index (χ0n) is 11.0. The number of aryl methyl sites for hydroxylation is 1. The van der Waals surface area contributed by atoms with Crippen molar-refractivity contribution in [1.82, 2.24) is 0 Å². The first-order valence-electron chi connectivity index (χ1n) is 6.57. The number of hydrogen-bond acceptors (Lipinski definition) is 1. The molecule has 2 nitrogen and oxygen atoms in total. The summed E-state index contributed by atoms with van der Waals surface area (Å²) in [5, 5.41) is 2.85. The van der Waals surface area contributed by atoms with Crippen LogP contribution in [0.4, 0.5) is 10.1 Å². The lowest BCUT2D eigenvalue weighted by atomic mass is 9.97. The Balaban J connectivity index is 1.97. The number of hydrogen-bond donors (Lipinski definition) is 1. The van der Waals surface area contributed by atoms with Gasteiger partial charge in [-0.1, -0.05) is 40.2 Å². The topological polar surface area (TPSA) is 29.1 Å². The molecule has 0 bridgehead atoms. The van der Waals surface area contributed by atoms with Gasteiger partial charge in [0.05, 0.1) is 9.30 Å². The molecule has 0 fully saturated rings. The maximum absolute atomic E-state index is 14.2. The fourth-order valence-corrected chi connectivity index (χ4v) is 3.48. The van der Waals surface area contributed by atoms with Gasteiger partial charge in [-0.2, -0.15) is 0 Å².